The number of ether oxygens (including phenoxy) is 1. The number of rotatable bonds is 3. The van der Waals surface area contributed by atoms with Crippen LogP contribution in [0.25, 0.3) is 0 Å². The highest BCUT2D eigenvalue weighted by Crippen LogP contribution is 2.29. The maximum absolute atomic E-state index is 13.1. The summed E-state index contributed by atoms with van der Waals surface area (Å²) in [7, 11) is 1.46. The molecule has 96 valence electrons. The number of methoxy groups -OCH3 is 1. The SMILES string of the molecule is COc1cc(F)ccc1Nc1ccc(C#N)c(Cl)c1. The van der Waals surface area contributed by atoms with Crippen LogP contribution in [0.1, 0.15) is 5.56 Å². The molecule has 0 aromatic heterocycles. The van der Waals surface area contributed by atoms with Gasteiger partial charge in [0.1, 0.15) is 17.6 Å². The van der Waals surface area contributed by atoms with Gasteiger partial charge in [0.05, 0.1) is 23.4 Å². The first kappa shape index (κ1) is 13.2. The molecule has 0 bridgehead atoms. The van der Waals surface area contributed by atoms with E-state index in [1.54, 1.807) is 24.3 Å². The summed E-state index contributed by atoms with van der Waals surface area (Å²) in [5, 5.41) is 12.2. The molecular formula is C14H10ClFN2O. The largest absolute Gasteiger partial charge is 0.494 e. The average molecular weight is 277 g/mol. The van der Waals surface area contributed by atoms with Gasteiger partial charge in [-0.05, 0) is 30.3 Å². The monoisotopic (exact) mass is 276 g/mol. The topological polar surface area (TPSA) is 45.0 Å². The van der Waals surface area contributed by atoms with Crippen LogP contribution in [-0.4, -0.2) is 7.11 Å². The van der Waals surface area contributed by atoms with Crippen molar-refractivity contribution in [1.82, 2.24) is 0 Å². The van der Waals surface area contributed by atoms with Gasteiger partial charge in [0.15, 0.2) is 0 Å². The number of halogens is 2. The summed E-state index contributed by atoms with van der Waals surface area (Å²) in [6, 6.07) is 11.1. The minimum absolute atomic E-state index is 0.355. The number of nitriles is 1. The molecule has 0 saturated carbocycles. The molecule has 0 radical (unpaired) electrons. The third-order valence-corrected chi connectivity index (χ3v) is 2.84. The number of hydrogen-bond acceptors (Lipinski definition) is 3. The summed E-state index contributed by atoms with van der Waals surface area (Å²) in [6.07, 6.45) is 0. The molecule has 0 spiro atoms. The molecule has 0 amide bonds. The Kier molecular flexibility index (Phi) is 3.88. The van der Waals surface area contributed by atoms with Gasteiger partial charge in [-0.15, -0.1) is 0 Å². The molecule has 5 heteroatoms. The first-order chi connectivity index (χ1) is 9.13. The second-order valence-corrected chi connectivity index (χ2v) is 4.18. The maximum Gasteiger partial charge on any atom is 0.145 e. The van der Waals surface area contributed by atoms with Gasteiger partial charge in [-0.1, -0.05) is 11.6 Å². The van der Waals surface area contributed by atoms with Gasteiger partial charge in [-0.25, -0.2) is 4.39 Å². The van der Waals surface area contributed by atoms with Crippen LogP contribution in [0.3, 0.4) is 0 Å². The van der Waals surface area contributed by atoms with Crippen LogP contribution in [0.4, 0.5) is 15.8 Å². The van der Waals surface area contributed by atoms with E-state index in [9.17, 15) is 4.39 Å². The quantitative estimate of drug-likeness (QED) is 0.918. The Hall–Kier alpha value is -2.25. The van der Waals surface area contributed by atoms with Crippen LogP contribution in [-0.2, 0) is 0 Å². The Morgan fingerprint density at radius 1 is 1.26 bits per heavy atom. The summed E-state index contributed by atoms with van der Waals surface area (Å²) in [4.78, 5) is 0. The van der Waals surface area contributed by atoms with Crippen LogP contribution in [0.2, 0.25) is 5.02 Å². The molecule has 0 saturated heterocycles. The Morgan fingerprint density at radius 3 is 2.68 bits per heavy atom. The van der Waals surface area contributed by atoms with E-state index in [1.165, 1.54) is 19.2 Å². The predicted octanol–water partition coefficient (Wildman–Crippen LogP) is 4.10. The van der Waals surface area contributed by atoms with Crippen molar-refractivity contribution in [2.75, 3.05) is 12.4 Å². The molecule has 2 rings (SSSR count). The summed E-state index contributed by atoms with van der Waals surface area (Å²) in [6.45, 7) is 0. The van der Waals surface area contributed by atoms with Gasteiger partial charge < -0.3 is 10.1 Å². The molecule has 0 unspecified atom stereocenters. The Morgan fingerprint density at radius 2 is 2.05 bits per heavy atom. The number of nitrogens with zero attached hydrogens (tertiary/aromatic N) is 1. The summed E-state index contributed by atoms with van der Waals surface area (Å²) >= 11 is 5.94. The fourth-order valence-electron chi connectivity index (χ4n) is 1.61. The van der Waals surface area contributed by atoms with E-state index in [0.29, 0.717) is 27.7 Å². The minimum atomic E-state index is -0.375. The third-order valence-electron chi connectivity index (χ3n) is 2.53. The first-order valence-corrected chi connectivity index (χ1v) is 5.82. The van der Waals surface area contributed by atoms with Crippen molar-refractivity contribution in [3.05, 3.63) is 52.8 Å². The summed E-state index contributed by atoms with van der Waals surface area (Å²) in [5.41, 5.74) is 1.71. The van der Waals surface area contributed by atoms with E-state index in [1.807, 2.05) is 6.07 Å². The minimum Gasteiger partial charge on any atom is -0.494 e. The van der Waals surface area contributed by atoms with Crippen LogP contribution < -0.4 is 10.1 Å². The average Bonchev–Trinajstić information content (AvgIpc) is 2.41. The van der Waals surface area contributed by atoms with Crippen LogP contribution in [0.15, 0.2) is 36.4 Å². The van der Waals surface area contributed by atoms with Gasteiger partial charge in [0.2, 0.25) is 0 Å². The zero-order valence-corrected chi connectivity index (χ0v) is 10.8. The van der Waals surface area contributed by atoms with E-state index >= 15 is 0 Å². The molecule has 1 N–H and O–H groups in total. The van der Waals surface area contributed by atoms with Crippen molar-refractivity contribution in [3.63, 3.8) is 0 Å². The highest BCUT2D eigenvalue weighted by molar-refractivity contribution is 6.32. The van der Waals surface area contributed by atoms with E-state index < -0.39 is 0 Å². The second-order valence-electron chi connectivity index (χ2n) is 3.78. The fraction of sp³-hybridized carbons (Fsp3) is 0.0714. The fourth-order valence-corrected chi connectivity index (χ4v) is 1.83. The molecule has 0 atom stereocenters. The van der Waals surface area contributed by atoms with Crippen molar-refractivity contribution >= 4 is 23.0 Å². The van der Waals surface area contributed by atoms with Crippen LogP contribution in [0, 0.1) is 17.1 Å². The van der Waals surface area contributed by atoms with Crippen molar-refractivity contribution < 1.29 is 9.13 Å². The Labute approximate surface area is 115 Å². The summed E-state index contributed by atoms with van der Waals surface area (Å²) < 4.78 is 18.2. The smallest absolute Gasteiger partial charge is 0.145 e. The lowest BCUT2D eigenvalue weighted by atomic mass is 10.2. The van der Waals surface area contributed by atoms with Crippen molar-refractivity contribution in [3.8, 4) is 11.8 Å². The van der Waals surface area contributed by atoms with Crippen molar-refractivity contribution in [2.45, 2.75) is 0 Å². The standard InChI is InChI=1S/C14H10ClFN2O/c1-19-14-6-10(16)3-5-13(14)18-11-4-2-9(8-17)12(15)7-11/h2-7,18H,1H3. The zero-order chi connectivity index (χ0) is 13.8. The van der Waals surface area contributed by atoms with E-state index in [0.717, 1.165) is 0 Å². The second kappa shape index (κ2) is 5.59. The summed E-state index contributed by atoms with van der Waals surface area (Å²) in [5.74, 6) is 0.0146. The molecule has 0 aliphatic carbocycles. The molecule has 0 aliphatic rings. The van der Waals surface area contributed by atoms with Gasteiger partial charge in [-0.2, -0.15) is 5.26 Å². The van der Waals surface area contributed by atoms with E-state index in [4.69, 9.17) is 21.6 Å². The number of anilines is 2. The zero-order valence-electron chi connectivity index (χ0n) is 10.1. The van der Waals surface area contributed by atoms with Gasteiger partial charge in [0.25, 0.3) is 0 Å². The number of nitrogens with one attached hydrogen (secondary N) is 1. The maximum atomic E-state index is 13.1. The lowest BCUT2D eigenvalue weighted by Crippen LogP contribution is -1.95. The van der Waals surface area contributed by atoms with Crippen molar-refractivity contribution in [1.29, 1.82) is 5.26 Å². The lowest BCUT2D eigenvalue weighted by molar-refractivity contribution is 0.413. The molecule has 2 aromatic rings. The molecule has 2 aromatic carbocycles. The predicted molar refractivity (Wildman–Crippen MR) is 72.4 cm³/mol. The third kappa shape index (κ3) is 2.95. The van der Waals surface area contributed by atoms with Gasteiger partial charge in [0, 0.05) is 11.8 Å². The van der Waals surface area contributed by atoms with Crippen LogP contribution >= 0.6 is 11.6 Å². The Bertz CT molecular complexity index is 652. The molecule has 3 nitrogen and oxygen atoms in total. The molecule has 0 fully saturated rings. The molecule has 0 heterocycles. The van der Waals surface area contributed by atoms with Gasteiger partial charge >= 0.3 is 0 Å². The van der Waals surface area contributed by atoms with E-state index in [-0.39, 0.29) is 5.82 Å². The lowest BCUT2D eigenvalue weighted by Gasteiger charge is -2.11. The van der Waals surface area contributed by atoms with Crippen LogP contribution in [0.5, 0.6) is 5.75 Å². The molecular weight excluding hydrogens is 267 g/mol. The number of benzene rings is 2. The normalized spacial score (nSPS) is 9.79. The van der Waals surface area contributed by atoms with E-state index in [2.05, 4.69) is 5.32 Å². The molecule has 0 aliphatic heterocycles. The highest BCUT2D eigenvalue weighted by Gasteiger charge is 2.06. The van der Waals surface area contributed by atoms with Crippen molar-refractivity contribution in [2.24, 2.45) is 0 Å². The Balaban J connectivity index is 2.31. The van der Waals surface area contributed by atoms with Gasteiger partial charge in [-0.3, -0.25) is 0 Å². The highest BCUT2D eigenvalue weighted by atomic mass is 35.5. The first-order valence-electron chi connectivity index (χ1n) is 5.44. The number of hydrogen-bond donors (Lipinski definition) is 1. The molecule has 19 heavy (non-hydrogen) atoms.